The number of pyridine rings is 1. The van der Waals surface area contributed by atoms with Gasteiger partial charge >= 0.3 is 0 Å². The van der Waals surface area contributed by atoms with E-state index in [2.05, 4.69) is 53.2 Å². The van der Waals surface area contributed by atoms with Crippen LogP contribution in [-0.4, -0.2) is 41.3 Å². The van der Waals surface area contributed by atoms with Crippen molar-refractivity contribution >= 4 is 23.2 Å². The summed E-state index contributed by atoms with van der Waals surface area (Å²) >= 11 is 0. The van der Waals surface area contributed by atoms with Crippen molar-refractivity contribution < 1.29 is 14.3 Å². The van der Waals surface area contributed by atoms with E-state index in [1.165, 1.54) is 36.4 Å². The Morgan fingerprint density at radius 1 is 0.919 bits per heavy atom. The number of nitrogen functional groups attached to an aromatic ring is 1. The number of hydrogen-bond donors (Lipinski definition) is 1. The molecule has 0 saturated carbocycles. The minimum absolute atomic E-state index is 0.0363. The average molecular weight is 499 g/mol. The molecule has 1 aromatic heterocycles. The van der Waals surface area contributed by atoms with Gasteiger partial charge in [-0.25, -0.2) is 0 Å². The number of hydrogen-bond acceptors (Lipinski definition) is 6. The van der Waals surface area contributed by atoms with E-state index < -0.39 is 11.7 Å². The Kier molecular flexibility index (Phi) is 7.51. The number of carbonyl (C=O) groups is 2. The van der Waals surface area contributed by atoms with E-state index in [0.717, 1.165) is 36.1 Å². The molecule has 0 aliphatic carbocycles. The van der Waals surface area contributed by atoms with Gasteiger partial charge in [0.25, 0.3) is 5.91 Å². The Balaban J connectivity index is 1.32. The summed E-state index contributed by atoms with van der Waals surface area (Å²) in [5.41, 5.74) is 11.9. The van der Waals surface area contributed by atoms with Gasteiger partial charge in [-0.15, -0.1) is 0 Å². The Hall–Kier alpha value is -3.71. The summed E-state index contributed by atoms with van der Waals surface area (Å²) in [6.07, 6.45) is 4.45. The molecule has 0 atom stereocenters. The minimum atomic E-state index is -0.532. The zero-order valence-electron chi connectivity index (χ0n) is 21.4. The number of carbonyl (C=O) groups excluding carboxylic acids is 2. The first kappa shape index (κ1) is 25.0. The van der Waals surface area contributed by atoms with Crippen LogP contribution < -0.4 is 15.4 Å². The second kappa shape index (κ2) is 11.1. The number of nitrogens with zero attached hydrogens (tertiary/aromatic N) is 3. The first-order valence-corrected chi connectivity index (χ1v) is 13.2. The predicted molar refractivity (Wildman–Crippen MR) is 145 cm³/mol. The van der Waals surface area contributed by atoms with Gasteiger partial charge in [0.2, 0.25) is 11.7 Å². The number of rotatable bonds is 9. The molecule has 1 fully saturated rings. The number of Topliss-reactive ketones (excluding diaryl/α,β-unsaturated/α-hetero) is 1. The number of aromatic nitrogens is 1. The molecular formula is C30H34N4O3. The van der Waals surface area contributed by atoms with Gasteiger partial charge in [-0.2, -0.15) is 4.98 Å². The molecule has 7 heteroatoms. The lowest BCUT2D eigenvalue weighted by Crippen LogP contribution is -2.41. The average Bonchev–Trinajstić information content (AvgIpc) is 3.42. The van der Waals surface area contributed by atoms with Crippen molar-refractivity contribution in [1.29, 1.82) is 0 Å². The van der Waals surface area contributed by atoms with E-state index >= 15 is 0 Å². The normalized spacial score (nSPS) is 15.8. The van der Waals surface area contributed by atoms with Gasteiger partial charge in [-0.1, -0.05) is 61.9 Å². The number of amides is 1. The molecule has 5 rings (SSSR count). The second-order valence-electron chi connectivity index (χ2n) is 9.91. The zero-order valence-corrected chi connectivity index (χ0v) is 21.4. The molecular weight excluding hydrogens is 464 g/mol. The van der Waals surface area contributed by atoms with Gasteiger partial charge in [-0.3, -0.25) is 14.5 Å². The van der Waals surface area contributed by atoms with Gasteiger partial charge in [0.15, 0.2) is 0 Å². The Morgan fingerprint density at radius 3 is 2.16 bits per heavy atom. The summed E-state index contributed by atoms with van der Waals surface area (Å²) in [6, 6.07) is 18.6. The van der Waals surface area contributed by atoms with Crippen molar-refractivity contribution in [2.45, 2.75) is 52.1 Å². The monoisotopic (exact) mass is 498 g/mol. The smallest absolute Gasteiger partial charge is 0.295 e. The van der Waals surface area contributed by atoms with Gasteiger partial charge in [0.1, 0.15) is 5.82 Å². The van der Waals surface area contributed by atoms with Crippen LogP contribution in [0.2, 0.25) is 0 Å². The molecule has 0 unspecified atom stereocenters. The van der Waals surface area contributed by atoms with Crippen LogP contribution in [0.1, 0.15) is 49.3 Å². The maximum atomic E-state index is 12.9. The molecule has 3 heterocycles. The van der Waals surface area contributed by atoms with Crippen LogP contribution in [0, 0.1) is 0 Å². The third-order valence-electron chi connectivity index (χ3n) is 7.16. The van der Waals surface area contributed by atoms with E-state index in [-0.39, 0.29) is 18.8 Å². The third-order valence-corrected chi connectivity index (χ3v) is 7.16. The van der Waals surface area contributed by atoms with E-state index in [1.54, 1.807) is 6.07 Å². The Bertz CT molecular complexity index is 1270. The van der Waals surface area contributed by atoms with Crippen molar-refractivity contribution in [3.05, 3.63) is 71.3 Å². The number of ketones is 1. The van der Waals surface area contributed by atoms with Crippen LogP contribution in [0.25, 0.3) is 11.1 Å². The van der Waals surface area contributed by atoms with Gasteiger partial charge < -0.3 is 15.4 Å². The van der Waals surface area contributed by atoms with Crippen molar-refractivity contribution in [2.75, 3.05) is 30.3 Å². The molecule has 0 spiro atoms. The van der Waals surface area contributed by atoms with Crippen LogP contribution in [0.3, 0.4) is 0 Å². The number of likely N-dealkylation sites (tertiary alicyclic amines) is 1. The molecule has 192 valence electrons. The van der Waals surface area contributed by atoms with Crippen LogP contribution in [-0.2, 0) is 29.1 Å². The minimum Gasteiger partial charge on any atom is -0.478 e. The standard InChI is InChI=1S/C30H34N4O3/c1-2-3-16-37-28-18-26-25(29(31)32-28)17-27(35)30(36)34(26)20-22-8-12-24(13-9-22)23-10-6-21(7-11-23)19-33-14-4-5-15-33/h6-13,18H,2-5,14-17,19-20H2,1H3,(H2,31,32). The van der Waals surface area contributed by atoms with Crippen molar-refractivity contribution in [3.63, 3.8) is 0 Å². The molecule has 7 nitrogen and oxygen atoms in total. The Morgan fingerprint density at radius 2 is 1.54 bits per heavy atom. The molecule has 37 heavy (non-hydrogen) atoms. The topological polar surface area (TPSA) is 88.8 Å². The summed E-state index contributed by atoms with van der Waals surface area (Å²) in [5, 5.41) is 0. The van der Waals surface area contributed by atoms with E-state index in [9.17, 15) is 9.59 Å². The fourth-order valence-corrected chi connectivity index (χ4v) is 5.01. The predicted octanol–water partition coefficient (Wildman–Crippen LogP) is 4.76. The van der Waals surface area contributed by atoms with Gasteiger partial charge in [-0.05, 0) is 54.6 Å². The highest BCUT2D eigenvalue weighted by Crippen LogP contribution is 2.34. The maximum Gasteiger partial charge on any atom is 0.295 e. The summed E-state index contributed by atoms with van der Waals surface area (Å²) in [6.45, 7) is 6.26. The van der Waals surface area contributed by atoms with E-state index in [1.807, 2.05) is 12.1 Å². The molecule has 2 aliphatic rings. The lowest BCUT2D eigenvalue weighted by Gasteiger charge is -2.29. The molecule has 2 aromatic carbocycles. The molecule has 1 saturated heterocycles. The fraction of sp³-hybridized carbons (Fsp3) is 0.367. The second-order valence-corrected chi connectivity index (χ2v) is 9.91. The van der Waals surface area contributed by atoms with Crippen molar-refractivity contribution in [3.8, 4) is 17.0 Å². The number of nitrogens with two attached hydrogens (primary N) is 1. The fourth-order valence-electron chi connectivity index (χ4n) is 5.01. The summed E-state index contributed by atoms with van der Waals surface area (Å²) in [7, 11) is 0. The molecule has 3 aromatic rings. The first-order chi connectivity index (χ1) is 18.0. The highest BCUT2D eigenvalue weighted by Gasteiger charge is 2.33. The maximum absolute atomic E-state index is 12.9. The third kappa shape index (κ3) is 5.67. The highest BCUT2D eigenvalue weighted by atomic mass is 16.5. The first-order valence-electron chi connectivity index (χ1n) is 13.2. The largest absolute Gasteiger partial charge is 0.478 e. The summed E-state index contributed by atoms with van der Waals surface area (Å²) < 4.78 is 5.75. The molecule has 2 aliphatic heterocycles. The number of ether oxygens (including phenoxy) is 1. The van der Waals surface area contributed by atoms with Crippen molar-refractivity contribution in [2.24, 2.45) is 0 Å². The molecule has 2 N–H and O–H groups in total. The molecule has 0 bridgehead atoms. The van der Waals surface area contributed by atoms with Crippen LogP contribution in [0.5, 0.6) is 5.88 Å². The van der Waals surface area contributed by atoms with E-state index in [4.69, 9.17) is 10.5 Å². The molecule has 0 radical (unpaired) electrons. The Labute approximate surface area is 218 Å². The lowest BCUT2D eigenvalue weighted by molar-refractivity contribution is -0.136. The SMILES string of the molecule is CCCCOc1cc2c(c(N)n1)CC(=O)C(=O)N2Cc1ccc(-c2ccc(CN3CCCC3)cc2)cc1. The van der Waals surface area contributed by atoms with Crippen LogP contribution in [0.15, 0.2) is 54.6 Å². The summed E-state index contributed by atoms with van der Waals surface area (Å²) in [4.78, 5) is 33.7. The van der Waals surface area contributed by atoms with Crippen molar-refractivity contribution in [1.82, 2.24) is 9.88 Å². The van der Waals surface area contributed by atoms with Gasteiger partial charge in [0.05, 0.1) is 18.8 Å². The number of fused-ring (bicyclic) bond motifs is 1. The zero-order chi connectivity index (χ0) is 25.8. The number of anilines is 2. The van der Waals surface area contributed by atoms with Crippen LogP contribution >= 0.6 is 0 Å². The quantitative estimate of drug-likeness (QED) is 0.338. The number of unbranched alkanes of at least 4 members (excludes halogenated alkanes) is 1. The lowest BCUT2D eigenvalue weighted by atomic mass is 9.99. The van der Waals surface area contributed by atoms with Crippen LogP contribution in [0.4, 0.5) is 11.5 Å². The number of benzene rings is 2. The summed E-state index contributed by atoms with van der Waals surface area (Å²) in [5.74, 6) is -0.402. The van der Waals surface area contributed by atoms with Gasteiger partial charge in [0, 0.05) is 24.6 Å². The highest BCUT2D eigenvalue weighted by molar-refractivity contribution is 6.43. The molecule has 1 amide bonds. The van der Waals surface area contributed by atoms with E-state index in [0.29, 0.717) is 23.7 Å².